The van der Waals surface area contributed by atoms with Crippen molar-refractivity contribution in [3.05, 3.63) is 28.2 Å². The summed E-state index contributed by atoms with van der Waals surface area (Å²) in [6.45, 7) is 8.47. The SMILES string of the molecule is CNC(C)c1cc(Br)ccc1OCCN1CCN(C)CC1. The Morgan fingerprint density at radius 2 is 2.00 bits per heavy atom. The minimum atomic E-state index is 0.279. The zero-order valence-corrected chi connectivity index (χ0v) is 14.8. The summed E-state index contributed by atoms with van der Waals surface area (Å²) in [4.78, 5) is 4.85. The number of nitrogens with zero attached hydrogens (tertiary/aromatic N) is 2. The average molecular weight is 356 g/mol. The lowest BCUT2D eigenvalue weighted by atomic mass is 10.1. The number of benzene rings is 1. The summed E-state index contributed by atoms with van der Waals surface area (Å²) < 4.78 is 7.12. The molecule has 1 heterocycles. The predicted octanol–water partition coefficient (Wildman–Crippen LogP) is 2.36. The van der Waals surface area contributed by atoms with E-state index in [9.17, 15) is 0 Å². The third-order valence-electron chi connectivity index (χ3n) is 4.13. The van der Waals surface area contributed by atoms with Gasteiger partial charge in [0.05, 0.1) is 0 Å². The third-order valence-corrected chi connectivity index (χ3v) is 4.63. The number of likely N-dealkylation sites (N-methyl/N-ethyl adjacent to an activating group) is 1. The van der Waals surface area contributed by atoms with Crippen LogP contribution in [0.15, 0.2) is 22.7 Å². The maximum absolute atomic E-state index is 6.03. The fourth-order valence-electron chi connectivity index (χ4n) is 2.50. The van der Waals surface area contributed by atoms with Gasteiger partial charge >= 0.3 is 0 Å². The van der Waals surface area contributed by atoms with Gasteiger partial charge in [0.2, 0.25) is 0 Å². The van der Waals surface area contributed by atoms with Crippen LogP contribution in [0.2, 0.25) is 0 Å². The normalized spacial score (nSPS) is 18.7. The maximum atomic E-state index is 6.03. The van der Waals surface area contributed by atoms with Crippen LogP contribution in [0.1, 0.15) is 18.5 Å². The van der Waals surface area contributed by atoms with Crippen LogP contribution < -0.4 is 10.1 Å². The van der Waals surface area contributed by atoms with Crippen molar-refractivity contribution < 1.29 is 4.74 Å². The van der Waals surface area contributed by atoms with Crippen molar-refractivity contribution in [1.29, 1.82) is 0 Å². The summed E-state index contributed by atoms with van der Waals surface area (Å²) in [5.41, 5.74) is 1.20. The van der Waals surface area contributed by atoms with Gasteiger partial charge in [0, 0.05) is 48.8 Å². The minimum Gasteiger partial charge on any atom is -0.492 e. The monoisotopic (exact) mass is 355 g/mol. The van der Waals surface area contributed by atoms with E-state index in [1.807, 2.05) is 13.1 Å². The Hall–Kier alpha value is -0.620. The van der Waals surface area contributed by atoms with E-state index in [0.717, 1.165) is 49.6 Å². The lowest BCUT2D eigenvalue weighted by molar-refractivity contribution is 0.133. The van der Waals surface area contributed by atoms with Crippen molar-refractivity contribution in [2.45, 2.75) is 13.0 Å². The van der Waals surface area contributed by atoms with E-state index in [1.54, 1.807) is 0 Å². The number of hydrogen-bond donors (Lipinski definition) is 1. The molecule has 1 aromatic rings. The van der Waals surface area contributed by atoms with Gasteiger partial charge in [0.15, 0.2) is 0 Å². The first-order chi connectivity index (χ1) is 10.1. The number of nitrogens with one attached hydrogen (secondary N) is 1. The molecule has 0 spiro atoms. The first-order valence-corrected chi connectivity index (χ1v) is 8.40. The molecule has 21 heavy (non-hydrogen) atoms. The van der Waals surface area contributed by atoms with Gasteiger partial charge in [-0.25, -0.2) is 0 Å². The predicted molar refractivity (Wildman–Crippen MR) is 91.0 cm³/mol. The molecule has 4 nitrogen and oxygen atoms in total. The van der Waals surface area contributed by atoms with Crippen molar-refractivity contribution in [2.24, 2.45) is 0 Å². The largest absolute Gasteiger partial charge is 0.492 e. The molecule has 1 atom stereocenters. The van der Waals surface area contributed by atoms with Crippen LogP contribution in [-0.4, -0.2) is 63.2 Å². The molecule has 0 bridgehead atoms. The molecule has 0 aromatic heterocycles. The first-order valence-electron chi connectivity index (χ1n) is 7.60. The van der Waals surface area contributed by atoms with Crippen LogP contribution in [0.3, 0.4) is 0 Å². The van der Waals surface area contributed by atoms with E-state index in [4.69, 9.17) is 4.74 Å². The minimum absolute atomic E-state index is 0.279. The Labute approximate surface area is 136 Å². The fourth-order valence-corrected chi connectivity index (χ4v) is 2.88. The van der Waals surface area contributed by atoms with Crippen LogP contribution in [0.25, 0.3) is 0 Å². The van der Waals surface area contributed by atoms with Crippen LogP contribution in [0, 0.1) is 0 Å². The van der Waals surface area contributed by atoms with Crippen molar-refractivity contribution in [1.82, 2.24) is 15.1 Å². The molecular weight excluding hydrogens is 330 g/mol. The third kappa shape index (κ3) is 4.95. The molecule has 1 saturated heterocycles. The Bertz CT molecular complexity index is 447. The summed E-state index contributed by atoms with van der Waals surface area (Å²) in [5, 5.41) is 3.28. The fraction of sp³-hybridized carbons (Fsp3) is 0.625. The number of hydrogen-bond acceptors (Lipinski definition) is 4. The van der Waals surface area contributed by atoms with Gasteiger partial charge in [0.1, 0.15) is 12.4 Å². The first kappa shape index (κ1) is 16.7. The molecular formula is C16H26BrN3O. The van der Waals surface area contributed by atoms with E-state index >= 15 is 0 Å². The molecule has 0 aliphatic carbocycles. The zero-order valence-electron chi connectivity index (χ0n) is 13.2. The second-order valence-corrected chi connectivity index (χ2v) is 6.60. The van der Waals surface area contributed by atoms with Gasteiger partial charge < -0.3 is 15.0 Å². The molecule has 1 fully saturated rings. The summed E-state index contributed by atoms with van der Waals surface area (Å²) in [5.74, 6) is 0.981. The highest BCUT2D eigenvalue weighted by molar-refractivity contribution is 9.10. The van der Waals surface area contributed by atoms with Crippen molar-refractivity contribution in [2.75, 3.05) is 53.4 Å². The molecule has 1 unspecified atom stereocenters. The van der Waals surface area contributed by atoms with Gasteiger partial charge in [-0.1, -0.05) is 15.9 Å². The second-order valence-electron chi connectivity index (χ2n) is 5.69. The highest BCUT2D eigenvalue weighted by atomic mass is 79.9. The molecule has 0 saturated carbocycles. The van der Waals surface area contributed by atoms with Crippen LogP contribution in [0.5, 0.6) is 5.75 Å². The number of rotatable bonds is 6. The van der Waals surface area contributed by atoms with Gasteiger partial charge in [-0.05, 0) is 39.2 Å². The molecule has 0 radical (unpaired) electrons. The Kier molecular flexibility index (Phi) is 6.48. The summed E-state index contributed by atoms with van der Waals surface area (Å²) >= 11 is 3.53. The highest BCUT2D eigenvalue weighted by Gasteiger charge is 2.14. The highest BCUT2D eigenvalue weighted by Crippen LogP contribution is 2.28. The average Bonchev–Trinajstić information content (AvgIpc) is 2.50. The van der Waals surface area contributed by atoms with E-state index in [2.05, 4.69) is 57.2 Å². The lowest BCUT2D eigenvalue weighted by Gasteiger charge is -2.32. The Balaban J connectivity index is 1.88. The van der Waals surface area contributed by atoms with E-state index in [0.29, 0.717) is 0 Å². The molecule has 1 aliphatic rings. The van der Waals surface area contributed by atoms with Crippen LogP contribution in [0.4, 0.5) is 0 Å². The van der Waals surface area contributed by atoms with Gasteiger partial charge in [0.25, 0.3) is 0 Å². The van der Waals surface area contributed by atoms with Gasteiger partial charge in [-0.15, -0.1) is 0 Å². The van der Waals surface area contributed by atoms with E-state index < -0.39 is 0 Å². The molecule has 0 amide bonds. The van der Waals surface area contributed by atoms with E-state index in [-0.39, 0.29) is 6.04 Å². The lowest BCUT2D eigenvalue weighted by Crippen LogP contribution is -2.45. The molecule has 5 heteroatoms. The molecule has 1 N–H and O–H groups in total. The maximum Gasteiger partial charge on any atom is 0.124 e. The Morgan fingerprint density at radius 1 is 1.29 bits per heavy atom. The quantitative estimate of drug-likeness (QED) is 0.847. The van der Waals surface area contributed by atoms with Crippen molar-refractivity contribution >= 4 is 15.9 Å². The summed E-state index contributed by atoms with van der Waals surface area (Å²) in [6.07, 6.45) is 0. The summed E-state index contributed by atoms with van der Waals surface area (Å²) in [6, 6.07) is 6.50. The van der Waals surface area contributed by atoms with Crippen LogP contribution in [-0.2, 0) is 0 Å². The topological polar surface area (TPSA) is 27.7 Å². The van der Waals surface area contributed by atoms with E-state index in [1.165, 1.54) is 5.56 Å². The Morgan fingerprint density at radius 3 is 2.67 bits per heavy atom. The molecule has 118 valence electrons. The zero-order chi connectivity index (χ0) is 15.2. The van der Waals surface area contributed by atoms with Crippen molar-refractivity contribution in [3.63, 3.8) is 0 Å². The second kappa shape index (κ2) is 8.13. The molecule has 2 rings (SSSR count). The van der Waals surface area contributed by atoms with Crippen molar-refractivity contribution in [3.8, 4) is 5.75 Å². The van der Waals surface area contributed by atoms with Gasteiger partial charge in [-0.2, -0.15) is 0 Å². The van der Waals surface area contributed by atoms with Gasteiger partial charge in [-0.3, -0.25) is 4.90 Å². The number of piperazine rings is 1. The summed E-state index contributed by atoms with van der Waals surface area (Å²) in [7, 11) is 4.15. The number of ether oxygens (including phenoxy) is 1. The number of halogens is 1. The molecule has 1 aromatic carbocycles. The standard InChI is InChI=1S/C16H26BrN3O/c1-13(18-2)15-12-14(17)4-5-16(15)21-11-10-20-8-6-19(3)7-9-20/h4-5,12-13,18H,6-11H2,1-3H3. The van der Waals surface area contributed by atoms with Crippen LogP contribution >= 0.6 is 15.9 Å². The smallest absolute Gasteiger partial charge is 0.124 e. The molecule has 1 aliphatic heterocycles.